The van der Waals surface area contributed by atoms with Crippen molar-refractivity contribution in [2.45, 2.75) is 31.5 Å². The van der Waals surface area contributed by atoms with Gasteiger partial charge in [0, 0.05) is 49.6 Å². The maximum atomic E-state index is 13.4. The number of para-hydroxylation sites is 1. The summed E-state index contributed by atoms with van der Waals surface area (Å²) in [5, 5.41) is 0.744. The van der Waals surface area contributed by atoms with Gasteiger partial charge in [0.05, 0.1) is 17.4 Å². The minimum absolute atomic E-state index is 0.0522. The summed E-state index contributed by atoms with van der Waals surface area (Å²) >= 11 is 1.76. The maximum Gasteiger partial charge on any atom is 0.433 e. The third kappa shape index (κ3) is 5.91. The van der Waals surface area contributed by atoms with Crippen molar-refractivity contribution < 1.29 is 18.0 Å². The van der Waals surface area contributed by atoms with Crippen molar-refractivity contribution in [3.05, 3.63) is 36.0 Å². The van der Waals surface area contributed by atoms with Gasteiger partial charge in [-0.2, -0.15) is 13.2 Å². The fourth-order valence-corrected chi connectivity index (χ4v) is 5.38. The molecule has 3 heterocycles. The standard InChI is InChI=1S/C23H30F3N5OS/c24-23(25,26)21-15-20(17-5-1-2-7-19(17)28-21)30-11-9-29(10-12-30)8-4-3-6-18(27)22(32)31-13-14-33-16-31/h1-2,5,7,15,18H,3-4,6,8-14,16,27H2. The Morgan fingerprint density at radius 2 is 1.88 bits per heavy atom. The van der Waals surface area contributed by atoms with Gasteiger partial charge in [0.2, 0.25) is 5.91 Å². The molecule has 10 heteroatoms. The highest BCUT2D eigenvalue weighted by Gasteiger charge is 2.34. The van der Waals surface area contributed by atoms with E-state index in [1.165, 1.54) is 6.07 Å². The first kappa shape index (κ1) is 24.1. The molecule has 1 unspecified atom stereocenters. The zero-order valence-electron chi connectivity index (χ0n) is 18.6. The van der Waals surface area contributed by atoms with E-state index in [1.807, 2.05) is 21.9 Å². The zero-order valence-corrected chi connectivity index (χ0v) is 19.4. The zero-order chi connectivity index (χ0) is 23.4. The van der Waals surface area contributed by atoms with Gasteiger partial charge in [-0.25, -0.2) is 4.98 Å². The molecule has 2 aliphatic heterocycles. The number of nitrogens with zero attached hydrogens (tertiary/aromatic N) is 4. The molecule has 2 aromatic rings. The number of piperazine rings is 1. The van der Waals surface area contributed by atoms with Crippen LogP contribution in [0.5, 0.6) is 0 Å². The smallest absolute Gasteiger partial charge is 0.368 e. The minimum Gasteiger partial charge on any atom is -0.368 e. The Balaban J connectivity index is 1.28. The number of pyridine rings is 1. The average molecular weight is 482 g/mol. The normalized spacial score (nSPS) is 18.8. The van der Waals surface area contributed by atoms with Crippen molar-refractivity contribution in [3.8, 4) is 0 Å². The number of benzene rings is 1. The Hall–Kier alpha value is -2.04. The molecule has 2 fully saturated rings. The lowest BCUT2D eigenvalue weighted by molar-refractivity contribution is -0.141. The van der Waals surface area contributed by atoms with Crippen molar-refractivity contribution in [2.75, 3.05) is 55.8 Å². The van der Waals surface area contributed by atoms with Gasteiger partial charge in [0.25, 0.3) is 0 Å². The lowest BCUT2D eigenvalue weighted by Crippen LogP contribution is -2.47. The fraction of sp³-hybridized carbons (Fsp3) is 0.565. The summed E-state index contributed by atoms with van der Waals surface area (Å²) in [5.41, 5.74) is 6.19. The van der Waals surface area contributed by atoms with E-state index in [4.69, 9.17) is 5.73 Å². The topological polar surface area (TPSA) is 65.7 Å². The van der Waals surface area contributed by atoms with Crippen molar-refractivity contribution in [3.63, 3.8) is 0 Å². The van der Waals surface area contributed by atoms with Gasteiger partial charge < -0.3 is 15.5 Å². The molecular formula is C23H30F3N5OS. The fourth-order valence-electron chi connectivity index (χ4n) is 4.42. The molecule has 180 valence electrons. The van der Waals surface area contributed by atoms with Gasteiger partial charge in [-0.3, -0.25) is 9.69 Å². The Labute approximate surface area is 196 Å². The van der Waals surface area contributed by atoms with Crippen molar-refractivity contribution in [1.82, 2.24) is 14.8 Å². The molecular weight excluding hydrogens is 451 g/mol. The van der Waals surface area contributed by atoms with E-state index in [-0.39, 0.29) is 5.91 Å². The summed E-state index contributed by atoms with van der Waals surface area (Å²) in [7, 11) is 0. The van der Waals surface area contributed by atoms with E-state index >= 15 is 0 Å². The molecule has 1 aromatic carbocycles. The molecule has 1 aromatic heterocycles. The van der Waals surface area contributed by atoms with Crippen LogP contribution in [0.3, 0.4) is 0 Å². The van der Waals surface area contributed by atoms with E-state index in [0.717, 1.165) is 56.0 Å². The quantitative estimate of drug-likeness (QED) is 0.612. The van der Waals surface area contributed by atoms with Gasteiger partial charge in [-0.15, -0.1) is 11.8 Å². The molecule has 1 atom stereocenters. The van der Waals surface area contributed by atoms with Crippen LogP contribution in [0.4, 0.5) is 18.9 Å². The Morgan fingerprint density at radius 1 is 1.12 bits per heavy atom. The highest BCUT2D eigenvalue weighted by Crippen LogP contribution is 2.35. The van der Waals surface area contributed by atoms with Gasteiger partial charge in [-0.05, 0) is 31.5 Å². The number of amides is 1. The molecule has 6 nitrogen and oxygen atoms in total. The summed E-state index contributed by atoms with van der Waals surface area (Å²) in [6, 6.07) is 7.74. The van der Waals surface area contributed by atoms with Crippen LogP contribution in [0.25, 0.3) is 10.9 Å². The van der Waals surface area contributed by atoms with E-state index in [9.17, 15) is 18.0 Å². The maximum absolute atomic E-state index is 13.4. The summed E-state index contributed by atoms with van der Waals surface area (Å²) in [6.45, 7) is 4.59. The van der Waals surface area contributed by atoms with Gasteiger partial charge in [0.15, 0.2) is 0 Å². The monoisotopic (exact) mass is 481 g/mol. The molecule has 2 aliphatic rings. The van der Waals surface area contributed by atoms with E-state index in [0.29, 0.717) is 30.7 Å². The van der Waals surface area contributed by atoms with Crippen LogP contribution in [0.2, 0.25) is 0 Å². The number of unbranched alkanes of at least 4 members (excludes halogenated alkanes) is 1. The number of hydrogen-bond donors (Lipinski definition) is 1. The SMILES string of the molecule is NC(CCCCN1CCN(c2cc(C(F)(F)F)nc3ccccc23)CC1)C(=O)N1CCSC1. The molecule has 2 saturated heterocycles. The number of anilines is 1. The first-order valence-corrected chi connectivity index (χ1v) is 12.5. The third-order valence-electron chi connectivity index (χ3n) is 6.32. The number of nitrogens with two attached hydrogens (primary N) is 1. The van der Waals surface area contributed by atoms with Gasteiger partial charge >= 0.3 is 6.18 Å². The Morgan fingerprint density at radius 3 is 2.58 bits per heavy atom. The van der Waals surface area contributed by atoms with Crippen LogP contribution in [0.1, 0.15) is 25.0 Å². The number of fused-ring (bicyclic) bond motifs is 1. The summed E-state index contributed by atoms with van der Waals surface area (Å²) < 4.78 is 40.1. The van der Waals surface area contributed by atoms with Crippen molar-refractivity contribution in [1.29, 1.82) is 0 Å². The number of carbonyl (C=O) groups excluding carboxylic acids is 1. The number of carbonyl (C=O) groups is 1. The van der Waals surface area contributed by atoms with Gasteiger partial charge in [-0.1, -0.05) is 24.6 Å². The third-order valence-corrected chi connectivity index (χ3v) is 7.28. The molecule has 0 radical (unpaired) electrons. The molecule has 0 bridgehead atoms. The number of hydrogen-bond acceptors (Lipinski definition) is 6. The molecule has 1 amide bonds. The molecule has 0 aliphatic carbocycles. The van der Waals surface area contributed by atoms with Gasteiger partial charge in [0.1, 0.15) is 5.69 Å². The Bertz CT molecular complexity index is 959. The molecule has 0 saturated carbocycles. The largest absolute Gasteiger partial charge is 0.433 e. The van der Waals surface area contributed by atoms with Crippen LogP contribution in [0.15, 0.2) is 30.3 Å². The average Bonchev–Trinajstić information content (AvgIpc) is 3.35. The van der Waals surface area contributed by atoms with Crippen LogP contribution >= 0.6 is 11.8 Å². The number of aromatic nitrogens is 1. The highest BCUT2D eigenvalue weighted by molar-refractivity contribution is 7.99. The predicted octanol–water partition coefficient (Wildman–Crippen LogP) is 3.41. The summed E-state index contributed by atoms with van der Waals surface area (Å²) in [6.07, 6.45) is -1.95. The molecule has 4 rings (SSSR count). The van der Waals surface area contributed by atoms with Crippen LogP contribution in [0, 0.1) is 0 Å². The summed E-state index contributed by atoms with van der Waals surface area (Å²) in [4.78, 5) is 22.3. The van der Waals surface area contributed by atoms with Crippen LogP contribution in [-0.2, 0) is 11.0 Å². The second kappa shape index (κ2) is 10.5. The van der Waals surface area contributed by atoms with E-state index in [1.54, 1.807) is 23.9 Å². The lowest BCUT2D eigenvalue weighted by atomic mass is 10.1. The van der Waals surface area contributed by atoms with E-state index < -0.39 is 17.9 Å². The van der Waals surface area contributed by atoms with E-state index in [2.05, 4.69) is 9.88 Å². The molecule has 0 spiro atoms. The lowest BCUT2D eigenvalue weighted by Gasteiger charge is -2.36. The summed E-state index contributed by atoms with van der Waals surface area (Å²) in [5.74, 6) is 1.78. The number of alkyl halides is 3. The second-order valence-corrected chi connectivity index (χ2v) is 9.69. The van der Waals surface area contributed by atoms with Crippen molar-refractivity contribution in [2.24, 2.45) is 5.73 Å². The molecule has 33 heavy (non-hydrogen) atoms. The number of halogens is 3. The molecule has 2 N–H and O–H groups in total. The Kier molecular flexibility index (Phi) is 7.65. The first-order chi connectivity index (χ1) is 15.8. The minimum atomic E-state index is -4.48. The first-order valence-electron chi connectivity index (χ1n) is 11.4. The van der Waals surface area contributed by atoms with Crippen molar-refractivity contribution >= 4 is 34.3 Å². The number of thioether (sulfide) groups is 1. The highest BCUT2D eigenvalue weighted by atomic mass is 32.2. The second-order valence-electron chi connectivity index (χ2n) is 8.61. The number of rotatable bonds is 7. The van der Waals surface area contributed by atoms with Crippen LogP contribution in [-0.4, -0.2) is 77.6 Å². The van der Waals surface area contributed by atoms with Crippen LogP contribution < -0.4 is 10.6 Å². The predicted molar refractivity (Wildman–Crippen MR) is 126 cm³/mol.